The molecule has 0 saturated heterocycles. The van der Waals surface area contributed by atoms with E-state index in [4.69, 9.17) is 16.3 Å². The van der Waals surface area contributed by atoms with E-state index in [1.807, 2.05) is 0 Å². The Labute approximate surface area is 147 Å². The van der Waals surface area contributed by atoms with Crippen molar-refractivity contribution in [3.8, 4) is 22.9 Å². The van der Waals surface area contributed by atoms with Crippen LogP contribution in [0.1, 0.15) is 5.56 Å². The molecular weight excluding hydrogens is 379 g/mol. The first-order valence-electron chi connectivity index (χ1n) is 6.83. The number of para-hydroxylation sites is 1. The number of nitrogens with zero attached hydrogens (tertiary/aromatic N) is 4. The topological polar surface area (TPSA) is 107 Å². The van der Waals surface area contributed by atoms with Crippen LogP contribution in [0.25, 0.3) is 11.4 Å². The quantitative estimate of drug-likeness (QED) is 0.531. The summed E-state index contributed by atoms with van der Waals surface area (Å²) in [4.78, 5) is 10.7. The molecule has 0 atom stereocenters. The standard InChI is InChI=1S/C14H7ClF3N5O3/c15-9-6-7(14(16,17)18)4-5-10(9)26-11-3-1-2-8(12(11)23(24)25)13-19-21-22-20-13/h1-6H,(H,19,20,21,22). The van der Waals surface area contributed by atoms with Gasteiger partial charge in [-0.3, -0.25) is 10.1 Å². The summed E-state index contributed by atoms with van der Waals surface area (Å²) in [6.07, 6.45) is -4.58. The Morgan fingerprint density at radius 3 is 2.54 bits per heavy atom. The van der Waals surface area contributed by atoms with Gasteiger partial charge in [0, 0.05) is 0 Å². The SMILES string of the molecule is O=[N+]([O-])c1c(Oc2ccc(C(F)(F)F)cc2Cl)cccc1-c1nn[nH]n1. The smallest absolute Gasteiger partial charge is 0.416 e. The number of hydrogen-bond donors (Lipinski definition) is 1. The highest BCUT2D eigenvalue weighted by molar-refractivity contribution is 6.32. The third-order valence-corrected chi connectivity index (χ3v) is 3.54. The molecule has 0 amide bonds. The highest BCUT2D eigenvalue weighted by atomic mass is 35.5. The number of nitro benzene ring substituents is 1. The Kier molecular flexibility index (Phi) is 4.47. The molecule has 0 spiro atoms. The lowest BCUT2D eigenvalue weighted by Gasteiger charge is -2.12. The van der Waals surface area contributed by atoms with Crippen molar-refractivity contribution in [3.63, 3.8) is 0 Å². The number of nitro groups is 1. The van der Waals surface area contributed by atoms with E-state index in [0.29, 0.717) is 6.07 Å². The van der Waals surface area contributed by atoms with Gasteiger partial charge in [0.15, 0.2) is 0 Å². The molecule has 2 aromatic carbocycles. The Hall–Kier alpha value is -3.21. The van der Waals surface area contributed by atoms with Gasteiger partial charge in [0.1, 0.15) is 11.3 Å². The molecule has 26 heavy (non-hydrogen) atoms. The van der Waals surface area contributed by atoms with E-state index in [1.165, 1.54) is 18.2 Å². The monoisotopic (exact) mass is 385 g/mol. The molecule has 0 fully saturated rings. The molecule has 3 rings (SSSR count). The van der Waals surface area contributed by atoms with Crippen LogP contribution < -0.4 is 4.74 Å². The molecule has 134 valence electrons. The van der Waals surface area contributed by atoms with Crippen molar-refractivity contribution in [1.82, 2.24) is 20.6 Å². The van der Waals surface area contributed by atoms with Crippen LogP contribution in [-0.2, 0) is 6.18 Å². The molecule has 0 radical (unpaired) electrons. The van der Waals surface area contributed by atoms with Gasteiger partial charge < -0.3 is 4.74 Å². The second-order valence-corrected chi connectivity index (χ2v) is 5.30. The Morgan fingerprint density at radius 2 is 1.96 bits per heavy atom. The van der Waals surface area contributed by atoms with Crippen molar-refractivity contribution in [3.05, 3.63) is 57.1 Å². The molecule has 0 aliphatic heterocycles. The number of ether oxygens (including phenoxy) is 1. The largest absolute Gasteiger partial charge is 0.449 e. The van der Waals surface area contributed by atoms with Gasteiger partial charge >= 0.3 is 11.9 Å². The number of alkyl halides is 3. The van der Waals surface area contributed by atoms with E-state index in [9.17, 15) is 23.3 Å². The highest BCUT2D eigenvalue weighted by Gasteiger charge is 2.31. The summed E-state index contributed by atoms with van der Waals surface area (Å²) in [7, 11) is 0. The highest BCUT2D eigenvalue weighted by Crippen LogP contribution is 2.41. The molecule has 1 aromatic heterocycles. The molecule has 0 bridgehead atoms. The van der Waals surface area contributed by atoms with Crippen molar-refractivity contribution in [2.45, 2.75) is 6.18 Å². The molecule has 0 saturated carbocycles. The fraction of sp³-hybridized carbons (Fsp3) is 0.0714. The van der Waals surface area contributed by atoms with Crippen LogP contribution in [-0.4, -0.2) is 25.5 Å². The molecule has 1 heterocycles. The maximum absolute atomic E-state index is 12.7. The molecule has 0 aliphatic rings. The summed E-state index contributed by atoms with van der Waals surface area (Å²) in [5, 5.41) is 24.0. The Bertz CT molecular complexity index is 963. The van der Waals surface area contributed by atoms with Gasteiger partial charge in [0.25, 0.3) is 0 Å². The maximum atomic E-state index is 12.7. The number of halogens is 4. The van der Waals surface area contributed by atoms with E-state index < -0.39 is 22.4 Å². The molecular formula is C14H7ClF3N5O3. The third kappa shape index (κ3) is 3.42. The summed E-state index contributed by atoms with van der Waals surface area (Å²) in [6.45, 7) is 0. The summed E-state index contributed by atoms with van der Waals surface area (Å²) >= 11 is 5.82. The van der Waals surface area contributed by atoms with Gasteiger partial charge in [-0.15, -0.1) is 10.2 Å². The lowest BCUT2D eigenvalue weighted by Crippen LogP contribution is -2.04. The average Bonchev–Trinajstić information content (AvgIpc) is 3.09. The van der Waals surface area contributed by atoms with E-state index in [-0.39, 0.29) is 27.9 Å². The van der Waals surface area contributed by atoms with Gasteiger partial charge in [-0.2, -0.15) is 18.4 Å². The molecule has 12 heteroatoms. The van der Waals surface area contributed by atoms with Gasteiger partial charge in [0.05, 0.1) is 15.5 Å². The third-order valence-electron chi connectivity index (χ3n) is 3.25. The second kappa shape index (κ2) is 6.59. The fourth-order valence-corrected chi connectivity index (χ4v) is 2.35. The lowest BCUT2D eigenvalue weighted by atomic mass is 10.1. The van der Waals surface area contributed by atoms with E-state index in [0.717, 1.165) is 12.1 Å². The number of aromatic nitrogens is 4. The van der Waals surface area contributed by atoms with Crippen molar-refractivity contribution in [1.29, 1.82) is 0 Å². The predicted molar refractivity (Wildman–Crippen MR) is 82.8 cm³/mol. The summed E-state index contributed by atoms with van der Waals surface area (Å²) in [6, 6.07) is 6.50. The summed E-state index contributed by atoms with van der Waals surface area (Å²) in [5.41, 5.74) is -1.43. The van der Waals surface area contributed by atoms with Gasteiger partial charge in [0.2, 0.25) is 11.6 Å². The van der Waals surface area contributed by atoms with Crippen molar-refractivity contribution >= 4 is 17.3 Å². The Morgan fingerprint density at radius 1 is 1.19 bits per heavy atom. The van der Waals surface area contributed by atoms with Crippen LogP contribution in [0.4, 0.5) is 18.9 Å². The van der Waals surface area contributed by atoms with Crippen molar-refractivity contribution < 1.29 is 22.8 Å². The van der Waals surface area contributed by atoms with E-state index >= 15 is 0 Å². The molecule has 3 aromatic rings. The van der Waals surface area contributed by atoms with Crippen molar-refractivity contribution in [2.75, 3.05) is 0 Å². The predicted octanol–water partition coefficient (Wildman–Crippen LogP) is 4.24. The van der Waals surface area contributed by atoms with Crippen molar-refractivity contribution in [2.24, 2.45) is 0 Å². The van der Waals surface area contributed by atoms with Gasteiger partial charge in [-0.1, -0.05) is 17.7 Å². The van der Waals surface area contributed by atoms with Crippen LogP contribution in [0.2, 0.25) is 5.02 Å². The number of H-pyrrole nitrogens is 1. The first-order valence-corrected chi connectivity index (χ1v) is 7.21. The zero-order valence-electron chi connectivity index (χ0n) is 12.5. The van der Waals surface area contributed by atoms with Crippen LogP contribution in [0.3, 0.4) is 0 Å². The summed E-state index contributed by atoms with van der Waals surface area (Å²) < 4.78 is 43.5. The van der Waals surface area contributed by atoms with Crippen LogP contribution in [0.15, 0.2) is 36.4 Å². The second-order valence-electron chi connectivity index (χ2n) is 4.89. The number of nitrogens with one attached hydrogen (secondary N) is 1. The van der Waals surface area contributed by atoms with Gasteiger partial charge in [-0.05, 0) is 35.5 Å². The number of rotatable bonds is 4. The first-order chi connectivity index (χ1) is 12.3. The molecule has 0 aliphatic carbocycles. The number of aromatic amines is 1. The summed E-state index contributed by atoms with van der Waals surface area (Å²) in [5.74, 6) is -0.451. The average molecular weight is 386 g/mol. The van der Waals surface area contributed by atoms with Crippen LogP contribution >= 0.6 is 11.6 Å². The van der Waals surface area contributed by atoms with E-state index in [1.54, 1.807) is 0 Å². The first kappa shape index (κ1) is 17.6. The van der Waals surface area contributed by atoms with Gasteiger partial charge in [-0.25, -0.2) is 0 Å². The minimum atomic E-state index is -4.58. The number of tetrazole rings is 1. The number of benzene rings is 2. The zero-order valence-corrected chi connectivity index (χ0v) is 13.2. The minimum absolute atomic E-state index is 0.0179. The van der Waals surface area contributed by atoms with Crippen LogP contribution in [0.5, 0.6) is 11.5 Å². The molecule has 8 nitrogen and oxygen atoms in total. The maximum Gasteiger partial charge on any atom is 0.416 e. The lowest BCUT2D eigenvalue weighted by molar-refractivity contribution is -0.385. The Balaban J connectivity index is 2.03. The normalized spacial score (nSPS) is 11.4. The van der Waals surface area contributed by atoms with Crippen LogP contribution in [0, 0.1) is 10.1 Å². The zero-order chi connectivity index (χ0) is 18.9. The molecule has 0 unspecified atom stereocenters. The molecule has 1 N–H and O–H groups in total. The minimum Gasteiger partial charge on any atom is -0.449 e. The fourth-order valence-electron chi connectivity index (χ4n) is 2.13. The van der Waals surface area contributed by atoms with E-state index in [2.05, 4.69) is 20.6 Å². The number of hydrogen-bond acceptors (Lipinski definition) is 6.